The summed E-state index contributed by atoms with van der Waals surface area (Å²) in [6.45, 7) is 2.18. The van der Waals surface area contributed by atoms with Crippen LogP contribution in [0.25, 0.3) is 0 Å². The maximum Gasteiger partial charge on any atom is 0.0653 e. The molecule has 0 atom stereocenters. The van der Waals surface area contributed by atoms with Gasteiger partial charge in [0.05, 0.1) is 15.7 Å². The minimum Gasteiger partial charge on any atom is -0.0884 e. The Morgan fingerprint density at radius 3 is 1.75 bits per heavy atom. The summed E-state index contributed by atoms with van der Waals surface area (Å²) < 4.78 is 0. The van der Waals surface area contributed by atoms with Crippen molar-refractivity contribution < 1.29 is 0 Å². The highest BCUT2D eigenvalue weighted by molar-refractivity contribution is 6.08. The third kappa shape index (κ3) is 4.29. The fourth-order valence-electron chi connectivity index (χ4n) is 0.713. The number of hydrogen-bond acceptors (Lipinski definition) is 0. The normalized spacial score (nSPS) is 10.2. The highest BCUT2D eigenvalue weighted by Crippen LogP contribution is 2.09. The summed E-state index contributed by atoms with van der Waals surface area (Å²) in [5.41, 5.74) is 0. The summed E-state index contributed by atoms with van der Waals surface area (Å²) in [4.78, 5) is 0. The largest absolute Gasteiger partial charge is 0.0884 e. The molecule has 0 heterocycles. The summed E-state index contributed by atoms with van der Waals surface area (Å²) in [6, 6.07) is 0. The average molecular weight is 106 g/mol. The van der Waals surface area contributed by atoms with Gasteiger partial charge in [0.15, 0.2) is 0 Å². The Hall–Kier alpha value is 0.130. The first-order valence-electron chi connectivity index (χ1n) is 3.21. The van der Waals surface area contributed by atoms with Crippen LogP contribution in [0.4, 0.5) is 0 Å². The van der Waals surface area contributed by atoms with Gasteiger partial charge in [-0.1, -0.05) is 32.4 Å². The van der Waals surface area contributed by atoms with E-state index in [0.29, 0.717) is 5.92 Å². The predicted octanol–water partition coefficient (Wildman–Crippen LogP) is 1.58. The molecule has 0 saturated heterocycles. The van der Waals surface area contributed by atoms with E-state index in [1.807, 2.05) is 0 Å². The zero-order valence-corrected chi connectivity index (χ0v) is 5.56. The zero-order valence-electron chi connectivity index (χ0n) is 5.56. The van der Waals surface area contributed by atoms with E-state index in [1.165, 1.54) is 0 Å². The summed E-state index contributed by atoms with van der Waals surface area (Å²) in [5.74, 6) is 0.713. The van der Waals surface area contributed by atoms with E-state index < -0.39 is 0 Å². The van der Waals surface area contributed by atoms with Gasteiger partial charge in [0, 0.05) is 0 Å². The molecule has 0 aliphatic rings. The molecule has 0 aromatic carbocycles. The molecule has 0 bridgehead atoms. The van der Waals surface area contributed by atoms with Crippen molar-refractivity contribution in [1.29, 1.82) is 0 Å². The van der Waals surface area contributed by atoms with Crippen LogP contribution in [0.5, 0.6) is 0 Å². The maximum atomic E-state index is 5.32. The quantitative estimate of drug-likeness (QED) is 0.477. The summed E-state index contributed by atoms with van der Waals surface area (Å²) >= 11 is 0. The van der Waals surface area contributed by atoms with Gasteiger partial charge >= 0.3 is 0 Å². The van der Waals surface area contributed by atoms with Gasteiger partial charge in [-0.3, -0.25) is 0 Å². The molecule has 42 valence electrons. The molecule has 0 N–H and O–H groups in total. The Kier molecular flexibility index (Phi) is 5.36. The second kappa shape index (κ2) is 5.27. The van der Waals surface area contributed by atoms with E-state index in [-0.39, 0.29) is 0 Å². The van der Waals surface area contributed by atoms with Gasteiger partial charge in [-0.2, -0.15) is 0 Å². The van der Waals surface area contributed by atoms with Crippen molar-refractivity contribution in [2.75, 3.05) is 0 Å². The molecule has 0 nitrogen and oxygen atoms in total. The first-order valence-corrected chi connectivity index (χ1v) is 3.21. The number of hydrogen-bond donors (Lipinski definition) is 0. The second-order valence-electron chi connectivity index (χ2n) is 2.26. The van der Waals surface area contributed by atoms with Gasteiger partial charge in [-0.05, 0) is 5.92 Å². The number of rotatable bonds is 4. The lowest BCUT2D eigenvalue weighted by Gasteiger charge is -2.05. The topological polar surface area (TPSA) is 0 Å². The highest BCUT2D eigenvalue weighted by Gasteiger charge is 1.95. The lowest BCUT2D eigenvalue weighted by molar-refractivity contribution is 0.544. The molecule has 0 amide bonds. The van der Waals surface area contributed by atoms with Gasteiger partial charge < -0.3 is 0 Å². The monoisotopic (exact) mass is 106 g/mol. The van der Waals surface area contributed by atoms with Crippen LogP contribution in [0.15, 0.2) is 0 Å². The van der Waals surface area contributed by atoms with E-state index in [9.17, 15) is 0 Å². The predicted molar refractivity (Wildman–Crippen MR) is 39.5 cm³/mol. The van der Waals surface area contributed by atoms with Gasteiger partial charge in [-0.25, -0.2) is 0 Å². The third-order valence-electron chi connectivity index (χ3n) is 1.32. The summed E-state index contributed by atoms with van der Waals surface area (Å²) in [6.07, 6.45) is 3.80. The second-order valence-corrected chi connectivity index (χ2v) is 2.26. The lowest BCUT2D eigenvalue weighted by Crippen LogP contribution is -1.92. The SMILES string of the molecule is [B]CCC(C)CC[B]. The van der Waals surface area contributed by atoms with Crippen LogP contribution in [-0.4, -0.2) is 15.7 Å². The van der Waals surface area contributed by atoms with Crippen LogP contribution < -0.4 is 0 Å². The van der Waals surface area contributed by atoms with Crippen LogP contribution in [0.2, 0.25) is 12.6 Å². The van der Waals surface area contributed by atoms with Crippen LogP contribution in [0.3, 0.4) is 0 Å². The van der Waals surface area contributed by atoms with Gasteiger partial charge in [-0.15, -0.1) is 0 Å². The van der Waals surface area contributed by atoms with E-state index in [2.05, 4.69) is 6.92 Å². The van der Waals surface area contributed by atoms with Crippen LogP contribution in [0.1, 0.15) is 19.8 Å². The van der Waals surface area contributed by atoms with Crippen molar-refractivity contribution in [3.05, 3.63) is 0 Å². The standard InChI is InChI=1S/C6H12B2/c1-6(2-4-7)3-5-8/h6H,2-5H2,1H3. The van der Waals surface area contributed by atoms with E-state index >= 15 is 0 Å². The molecule has 0 rings (SSSR count). The molecule has 8 heavy (non-hydrogen) atoms. The van der Waals surface area contributed by atoms with E-state index in [0.717, 1.165) is 25.5 Å². The molecule has 4 radical (unpaired) electrons. The molecule has 0 spiro atoms. The lowest BCUT2D eigenvalue weighted by atomic mass is 9.88. The summed E-state index contributed by atoms with van der Waals surface area (Å²) in [5, 5.41) is 0. The van der Waals surface area contributed by atoms with Crippen molar-refractivity contribution in [3.63, 3.8) is 0 Å². The van der Waals surface area contributed by atoms with Crippen LogP contribution >= 0.6 is 0 Å². The first-order chi connectivity index (χ1) is 3.81. The Balaban J connectivity index is 2.92. The fraction of sp³-hybridized carbons (Fsp3) is 1.00. The van der Waals surface area contributed by atoms with Crippen molar-refractivity contribution in [2.45, 2.75) is 32.4 Å². The van der Waals surface area contributed by atoms with E-state index in [4.69, 9.17) is 15.7 Å². The van der Waals surface area contributed by atoms with Gasteiger partial charge in [0.1, 0.15) is 0 Å². The van der Waals surface area contributed by atoms with E-state index in [1.54, 1.807) is 0 Å². The molecule has 0 aromatic rings. The molecule has 0 aliphatic carbocycles. The molecule has 0 aromatic heterocycles. The molecule has 0 aliphatic heterocycles. The molecule has 0 saturated carbocycles. The smallest absolute Gasteiger partial charge is 0.0653 e. The fourth-order valence-corrected chi connectivity index (χ4v) is 0.713. The molecule has 0 unspecified atom stereocenters. The summed E-state index contributed by atoms with van der Waals surface area (Å²) in [7, 11) is 10.6. The minimum absolute atomic E-state index is 0.713. The Morgan fingerprint density at radius 1 is 1.12 bits per heavy atom. The Bertz CT molecular complexity index is 39.8. The Labute approximate surface area is 54.9 Å². The Morgan fingerprint density at radius 2 is 1.50 bits per heavy atom. The van der Waals surface area contributed by atoms with Crippen molar-refractivity contribution in [1.82, 2.24) is 0 Å². The van der Waals surface area contributed by atoms with Crippen molar-refractivity contribution >= 4 is 15.7 Å². The van der Waals surface area contributed by atoms with Crippen molar-refractivity contribution in [3.8, 4) is 0 Å². The molecular formula is C6H12B2. The van der Waals surface area contributed by atoms with Crippen LogP contribution in [0, 0.1) is 5.92 Å². The first kappa shape index (κ1) is 8.13. The molecular weight excluding hydrogens is 93.7 g/mol. The third-order valence-corrected chi connectivity index (χ3v) is 1.32. The maximum absolute atomic E-state index is 5.32. The zero-order chi connectivity index (χ0) is 6.41. The highest BCUT2D eigenvalue weighted by atomic mass is 14.0. The van der Waals surface area contributed by atoms with Crippen molar-refractivity contribution in [2.24, 2.45) is 5.92 Å². The average Bonchev–Trinajstić information content (AvgIpc) is 1.68. The van der Waals surface area contributed by atoms with Gasteiger partial charge in [0.25, 0.3) is 0 Å². The van der Waals surface area contributed by atoms with Gasteiger partial charge in [0.2, 0.25) is 0 Å². The molecule has 0 fully saturated rings. The van der Waals surface area contributed by atoms with Crippen LogP contribution in [-0.2, 0) is 0 Å². The minimum atomic E-state index is 0.713. The molecule has 2 heteroatoms.